The average Bonchev–Trinajstić information content (AvgIpc) is 2.87. The summed E-state index contributed by atoms with van der Waals surface area (Å²) in [6.45, 7) is 2.60. The van der Waals surface area contributed by atoms with E-state index in [1.54, 1.807) is 0 Å². The highest BCUT2D eigenvalue weighted by molar-refractivity contribution is 5.69. The van der Waals surface area contributed by atoms with E-state index in [-0.39, 0.29) is 24.8 Å². The van der Waals surface area contributed by atoms with E-state index in [0.29, 0.717) is 12.5 Å². The predicted molar refractivity (Wildman–Crippen MR) is 56.9 cm³/mol. The zero-order valence-corrected chi connectivity index (χ0v) is 9.85. The van der Waals surface area contributed by atoms with E-state index in [4.69, 9.17) is 9.47 Å². The number of hydrogen-bond acceptors (Lipinski definition) is 5. The second kappa shape index (κ2) is 5.12. The molecule has 0 N–H and O–H groups in total. The first-order valence-corrected chi connectivity index (χ1v) is 5.71. The fourth-order valence-corrected chi connectivity index (χ4v) is 2.29. The van der Waals surface area contributed by atoms with Crippen molar-refractivity contribution in [3.63, 3.8) is 0 Å². The Bertz CT molecular complexity index is 258. The van der Waals surface area contributed by atoms with Gasteiger partial charge in [0, 0.05) is 12.5 Å². The minimum Gasteiger partial charge on any atom is -0.469 e. The molecule has 92 valence electrons. The van der Waals surface area contributed by atoms with Gasteiger partial charge in [-0.15, -0.1) is 0 Å². The summed E-state index contributed by atoms with van der Waals surface area (Å²) in [4.78, 5) is 13.4. The van der Waals surface area contributed by atoms with Gasteiger partial charge in [0.05, 0.1) is 26.2 Å². The van der Waals surface area contributed by atoms with Crippen LogP contribution in [0.5, 0.6) is 0 Å². The van der Waals surface area contributed by atoms with Gasteiger partial charge in [0.25, 0.3) is 0 Å². The molecule has 2 fully saturated rings. The lowest BCUT2D eigenvalue weighted by Crippen LogP contribution is -2.26. The van der Waals surface area contributed by atoms with Gasteiger partial charge in [-0.3, -0.25) is 4.79 Å². The summed E-state index contributed by atoms with van der Waals surface area (Å²) in [7, 11) is 3.49. The normalized spacial score (nSPS) is 35.5. The number of hydrogen-bond donors (Lipinski definition) is 0. The number of likely N-dealkylation sites (tertiary alicyclic amines) is 1. The maximum Gasteiger partial charge on any atom is 0.308 e. The molecule has 16 heavy (non-hydrogen) atoms. The van der Waals surface area contributed by atoms with Gasteiger partial charge in [0.2, 0.25) is 0 Å². The van der Waals surface area contributed by atoms with Crippen LogP contribution < -0.4 is 0 Å². The second-order valence-corrected chi connectivity index (χ2v) is 4.55. The Labute approximate surface area is 95.6 Å². The lowest BCUT2D eigenvalue weighted by Gasteiger charge is -2.17. The van der Waals surface area contributed by atoms with Crippen LogP contribution in [0.4, 0.5) is 0 Å². The Morgan fingerprint density at radius 2 is 2.38 bits per heavy atom. The van der Waals surface area contributed by atoms with Crippen molar-refractivity contribution in [2.75, 3.05) is 33.9 Å². The molecular weight excluding hydrogens is 210 g/mol. The molecule has 0 amide bonds. The molecule has 0 aromatic heterocycles. The number of rotatable bonds is 3. The third-order valence-electron chi connectivity index (χ3n) is 3.21. The number of esters is 1. The van der Waals surface area contributed by atoms with Gasteiger partial charge in [0.15, 0.2) is 6.29 Å². The minimum atomic E-state index is -0.238. The Morgan fingerprint density at radius 3 is 3.00 bits per heavy atom. The molecule has 3 unspecified atom stereocenters. The van der Waals surface area contributed by atoms with Crippen LogP contribution in [0, 0.1) is 5.92 Å². The first kappa shape index (κ1) is 11.8. The van der Waals surface area contributed by atoms with Gasteiger partial charge in [0.1, 0.15) is 0 Å². The molecule has 5 heteroatoms. The van der Waals surface area contributed by atoms with E-state index in [0.717, 1.165) is 19.5 Å². The summed E-state index contributed by atoms with van der Waals surface area (Å²) in [5.74, 6) is 0.199. The lowest BCUT2D eigenvalue weighted by molar-refractivity contribution is -0.144. The first-order chi connectivity index (χ1) is 7.69. The van der Waals surface area contributed by atoms with Crippen LogP contribution in [-0.2, 0) is 19.0 Å². The van der Waals surface area contributed by atoms with E-state index >= 15 is 0 Å². The predicted octanol–water partition coefficient (Wildman–Crippen LogP) is 0.243. The van der Waals surface area contributed by atoms with Crippen LogP contribution in [0.15, 0.2) is 0 Å². The van der Waals surface area contributed by atoms with Crippen molar-refractivity contribution in [1.29, 1.82) is 0 Å². The highest BCUT2D eigenvalue weighted by Crippen LogP contribution is 2.27. The zero-order valence-electron chi connectivity index (χ0n) is 9.85. The summed E-state index contributed by atoms with van der Waals surface area (Å²) in [5.41, 5.74) is 0. The van der Waals surface area contributed by atoms with Crippen LogP contribution >= 0.6 is 0 Å². The molecule has 2 aliphatic rings. The monoisotopic (exact) mass is 229 g/mol. The van der Waals surface area contributed by atoms with Crippen molar-refractivity contribution in [3.05, 3.63) is 0 Å². The van der Waals surface area contributed by atoms with Gasteiger partial charge in [-0.05, 0) is 20.0 Å². The number of ether oxygens (including phenoxy) is 3. The lowest BCUT2D eigenvalue weighted by atomic mass is 10.1. The van der Waals surface area contributed by atoms with Crippen molar-refractivity contribution in [3.8, 4) is 0 Å². The first-order valence-electron chi connectivity index (χ1n) is 5.71. The molecule has 2 aliphatic heterocycles. The van der Waals surface area contributed by atoms with Gasteiger partial charge >= 0.3 is 5.97 Å². The van der Waals surface area contributed by atoms with Gasteiger partial charge in [-0.2, -0.15) is 0 Å². The van der Waals surface area contributed by atoms with E-state index in [9.17, 15) is 4.79 Å². The van der Waals surface area contributed by atoms with Crippen molar-refractivity contribution in [2.24, 2.45) is 5.92 Å². The van der Waals surface area contributed by atoms with Crippen LogP contribution in [0.25, 0.3) is 0 Å². The van der Waals surface area contributed by atoms with Gasteiger partial charge in [-0.1, -0.05) is 0 Å². The Balaban J connectivity index is 1.77. The van der Waals surface area contributed by atoms with E-state index < -0.39 is 0 Å². The minimum absolute atomic E-state index is 0.136. The van der Waals surface area contributed by atoms with Crippen LogP contribution in [0.2, 0.25) is 0 Å². The summed E-state index contributed by atoms with van der Waals surface area (Å²) >= 11 is 0. The molecule has 0 spiro atoms. The van der Waals surface area contributed by atoms with Crippen molar-refractivity contribution in [2.45, 2.75) is 25.2 Å². The molecule has 0 saturated carbocycles. The molecule has 0 bridgehead atoms. The summed E-state index contributed by atoms with van der Waals surface area (Å²) in [6, 6.07) is 0. The maximum atomic E-state index is 11.1. The second-order valence-electron chi connectivity index (χ2n) is 4.55. The Morgan fingerprint density at radius 1 is 1.56 bits per heavy atom. The molecule has 0 aliphatic carbocycles. The van der Waals surface area contributed by atoms with E-state index in [1.165, 1.54) is 7.11 Å². The van der Waals surface area contributed by atoms with Gasteiger partial charge < -0.3 is 19.1 Å². The molecule has 3 atom stereocenters. The fourth-order valence-electron chi connectivity index (χ4n) is 2.29. The third-order valence-corrected chi connectivity index (χ3v) is 3.21. The van der Waals surface area contributed by atoms with E-state index in [2.05, 4.69) is 16.7 Å². The van der Waals surface area contributed by atoms with E-state index in [1.807, 2.05) is 0 Å². The average molecular weight is 229 g/mol. The Kier molecular flexibility index (Phi) is 3.78. The molecule has 2 saturated heterocycles. The summed E-state index contributed by atoms with van der Waals surface area (Å²) in [5, 5.41) is 0. The fraction of sp³-hybridized carbons (Fsp3) is 0.909. The molecule has 0 aromatic rings. The third kappa shape index (κ3) is 2.72. The standard InChI is InChI=1S/C11H19NO4/c1-12-4-3-8(6-12)11-15-7-9(16-11)5-10(13)14-2/h8-9,11H,3-7H2,1-2H3. The molecule has 2 heterocycles. The van der Waals surface area contributed by atoms with Crippen molar-refractivity contribution in [1.82, 2.24) is 4.90 Å². The van der Waals surface area contributed by atoms with Crippen LogP contribution in [0.1, 0.15) is 12.8 Å². The number of nitrogens with zero attached hydrogens (tertiary/aromatic N) is 1. The largest absolute Gasteiger partial charge is 0.469 e. The molecule has 0 radical (unpaired) electrons. The number of carbonyl (C=O) groups is 1. The topological polar surface area (TPSA) is 48.0 Å². The van der Waals surface area contributed by atoms with Gasteiger partial charge in [-0.25, -0.2) is 0 Å². The molecule has 0 aromatic carbocycles. The number of carbonyl (C=O) groups excluding carboxylic acids is 1. The van der Waals surface area contributed by atoms with Crippen LogP contribution in [-0.4, -0.2) is 57.1 Å². The molecule has 2 rings (SSSR count). The highest BCUT2D eigenvalue weighted by Gasteiger charge is 2.36. The quantitative estimate of drug-likeness (QED) is 0.649. The smallest absolute Gasteiger partial charge is 0.308 e. The summed E-state index contributed by atoms with van der Waals surface area (Å²) < 4.78 is 15.9. The van der Waals surface area contributed by atoms with Crippen molar-refractivity contribution >= 4 is 5.97 Å². The molecule has 5 nitrogen and oxygen atoms in total. The van der Waals surface area contributed by atoms with Crippen molar-refractivity contribution < 1.29 is 19.0 Å². The Hall–Kier alpha value is -0.650. The zero-order chi connectivity index (χ0) is 11.5. The maximum absolute atomic E-state index is 11.1. The molecular formula is C11H19NO4. The number of methoxy groups -OCH3 is 1. The summed E-state index contributed by atoms with van der Waals surface area (Å²) in [6.07, 6.45) is 1.12. The van der Waals surface area contributed by atoms with Crippen LogP contribution in [0.3, 0.4) is 0 Å². The highest BCUT2D eigenvalue weighted by atomic mass is 16.7. The SMILES string of the molecule is COC(=O)CC1COC(C2CCN(C)C2)O1.